The van der Waals surface area contributed by atoms with Crippen LogP contribution in [0.4, 0.5) is 5.69 Å². The first-order valence-corrected chi connectivity index (χ1v) is 7.04. The summed E-state index contributed by atoms with van der Waals surface area (Å²) in [6.07, 6.45) is 2.96. The lowest BCUT2D eigenvalue weighted by atomic mass is 10.2. The monoisotopic (exact) mass is 266 g/mol. The molecule has 96 valence electrons. The van der Waals surface area contributed by atoms with Gasteiger partial charge in [0.05, 0.1) is 11.4 Å². The van der Waals surface area contributed by atoms with Crippen molar-refractivity contribution in [2.75, 3.05) is 4.72 Å². The van der Waals surface area contributed by atoms with Crippen molar-refractivity contribution in [3.8, 4) is 11.3 Å². The average Bonchev–Trinajstić information content (AvgIpc) is 2.83. The van der Waals surface area contributed by atoms with E-state index in [2.05, 4.69) is 9.71 Å². The number of benzene rings is 1. The van der Waals surface area contributed by atoms with Crippen molar-refractivity contribution in [3.63, 3.8) is 0 Å². The highest BCUT2D eigenvalue weighted by Gasteiger charge is 2.15. The molecule has 0 saturated heterocycles. The van der Waals surface area contributed by atoms with Gasteiger partial charge in [0.25, 0.3) is 0 Å². The van der Waals surface area contributed by atoms with Gasteiger partial charge in [-0.2, -0.15) is 0 Å². The number of hydrogen-bond donors (Lipinski definition) is 1. The Labute approximate surface area is 106 Å². The third-order valence-electron chi connectivity index (χ3n) is 2.48. The van der Waals surface area contributed by atoms with Crippen molar-refractivity contribution < 1.29 is 12.8 Å². The Bertz CT molecular complexity index is 601. The summed E-state index contributed by atoms with van der Waals surface area (Å²) in [6.45, 7) is 3.26. The number of anilines is 1. The molecule has 18 heavy (non-hydrogen) atoms. The fourth-order valence-corrected chi connectivity index (χ4v) is 2.04. The minimum Gasteiger partial charge on any atom is -0.444 e. The van der Waals surface area contributed by atoms with E-state index in [0.717, 1.165) is 5.56 Å². The van der Waals surface area contributed by atoms with Gasteiger partial charge in [-0.15, -0.1) is 0 Å². The van der Waals surface area contributed by atoms with E-state index in [1.54, 1.807) is 44.3 Å². The molecule has 2 rings (SSSR count). The summed E-state index contributed by atoms with van der Waals surface area (Å²) < 4.78 is 31.0. The summed E-state index contributed by atoms with van der Waals surface area (Å²) in [6, 6.07) is 6.94. The molecule has 0 unspecified atom stereocenters. The largest absolute Gasteiger partial charge is 0.444 e. The van der Waals surface area contributed by atoms with Crippen LogP contribution in [0.1, 0.15) is 13.8 Å². The molecule has 0 saturated carbocycles. The number of sulfonamides is 1. The molecule has 0 spiro atoms. The average molecular weight is 266 g/mol. The van der Waals surface area contributed by atoms with Gasteiger partial charge in [0.1, 0.15) is 0 Å². The molecule has 0 bridgehead atoms. The van der Waals surface area contributed by atoms with Crippen LogP contribution < -0.4 is 4.72 Å². The van der Waals surface area contributed by atoms with Crippen molar-refractivity contribution in [2.24, 2.45) is 0 Å². The van der Waals surface area contributed by atoms with Crippen molar-refractivity contribution in [1.82, 2.24) is 4.98 Å². The Kier molecular flexibility index (Phi) is 3.38. The number of hydrogen-bond acceptors (Lipinski definition) is 4. The zero-order chi connectivity index (χ0) is 13.2. The van der Waals surface area contributed by atoms with Crippen LogP contribution in [-0.2, 0) is 10.0 Å². The molecule has 0 aliphatic heterocycles. The van der Waals surface area contributed by atoms with Crippen LogP contribution in [0.3, 0.4) is 0 Å². The standard InChI is InChI=1S/C12H14N2O3S/c1-9(2)18(15,16)14-11-5-3-10(4-6-11)12-7-13-8-17-12/h3-9,14H,1-2H3. The normalized spacial score (nSPS) is 11.7. The lowest BCUT2D eigenvalue weighted by Gasteiger charge is -2.10. The van der Waals surface area contributed by atoms with E-state index >= 15 is 0 Å². The van der Waals surface area contributed by atoms with Gasteiger partial charge in [-0.25, -0.2) is 13.4 Å². The Morgan fingerprint density at radius 2 is 1.89 bits per heavy atom. The van der Waals surface area contributed by atoms with Crippen LogP contribution >= 0.6 is 0 Å². The minimum absolute atomic E-state index is 0.466. The second-order valence-corrected chi connectivity index (χ2v) is 6.38. The zero-order valence-corrected chi connectivity index (χ0v) is 10.9. The first-order valence-electron chi connectivity index (χ1n) is 5.49. The molecule has 2 aromatic rings. The van der Waals surface area contributed by atoms with Crippen molar-refractivity contribution in [3.05, 3.63) is 36.9 Å². The highest BCUT2D eigenvalue weighted by molar-refractivity contribution is 7.93. The SMILES string of the molecule is CC(C)S(=O)(=O)Nc1ccc(-c2cnco2)cc1. The lowest BCUT2D eigenvalue weighted by molar-refractivity contribution is 0.572. The summed E-state index contributed by atoms with van der Waals surface area (Å²) >= 11 is 0. The predicted octanol–water partition coefficient (Wildman–Crippen LogP) is 2.49. The van der Waals surface area contributed by atoms with Gasteiger partial charge in [0.2, 0.25) is 10.0 Å². The summed E-state index contributed by atoms with van der Waals surface area (Å²) in [5, 5.41) is -0.466. The first kappa shape index (κ1) is 12.6. The molecule has 5 nitrogen and oxygen atoms in total. The lowest BCUT2D eigenvalue weighted by Crippen LogP contribution is -2.22. The molecule has 0 aliphatic rings. The fourth-order valence-electron chi connectivity index (χ4n) is 1.34. The van der Waals surface area contributed by atoms with Crippen LogP contribution in [0.15, 0.2) is 41.3 Å². The second kappa shape index (κ2) is 4.81. The zero-order valence-electron chi connectivity index (χ0n) is 10.1. The topological polar surface area (TPSA) is 72.2 Å². The molecule has 0 aliphatic carbocycles. The maximum Gasteiger partial charge on any atom is 0.235 e. The molecular formula is C12H14N2O3S. The number of aromatic nitrogens is 1. The highest BCUT2D eigenvalue weighted by atomic mass is 32.2. The maximum atomic E-state index is 11.7. The second-order valence-electron chi connectivity index (χ2n) is 4.14. The number of oxazole rings is 1. The Hall–Kier alpha value is -1.82. The smallest absolute Gasteiger partial charge is 0.235 e. The summed E-state index contributed by atoms with van der Waals surface area (Å²) in [4.78, 5) is 3.83. The van der Waals surface area contributed by atoms with E-state index in [1.165, 1.54) is 6.39 Å². The fraction of sp³-hybridized carbons (Fsp3) is 0.250. The molecule has 1 N–H and O–H groups in total. The molecule has 0 radical (unpaired) electrons. The van der Waals surface area contributed by atoms with Crippen molar-refractivity contribution >= 4 is 15.7 Å². The van der Waals surface area contributed by atoms with Gasteiger partial charge in [-0.3, -0.25) is 4.72 Å². The van der Waals surface area contributed by atoms with Gasteiger partial charge in [-0.05, 0) is 38.1 Å². The van der Waals surface area contributed by atoms with Gasteiger partial charge in [-0.1, -0.05) is 0 Å². The van der Waals surface area contributed by atoms with E-state index in [1.807, 2.05) is 0 Å². The third-order valence-corrected chi connectivity index (χ3v) is 4.24. The van der Waals surface area contributed by atoms with Gasteiger partial charge >= 0.3 is 0 Å². The number of nitrogens with one attached hydrogen (secondary N) is 1. The number of rotatable bonds is 4. The molecule has 0 atom stereocenters. The highest BCUT2D eigenvalue weighted by Crippen LogP contribution is 2.21. The van der Waals surface area contributed by atoms with E-state index in [-0.39, 0.29) is 0 Å². The molecular weight excluding hydrogens is 252 g/mol. The third kappa shape index (κ3) is 2.70. The maximum absolute atomic E-state index is 11.7. The van der Waals surface area contributed by atoms with Crippen LogP contribution in [0.25, 0.3) is 11.3 Å². The van der Waals surface area contributed by atoms with E-state index in [4.69, 9.17) is 4.42 Å². The Morgan fingerprint density at radius 3 is 2.39 bits per heavy atom. The van der Waals surface area contributed by atoms with Gasteiger partial charge in [0.15, 0.2) is 12.2 Å². The Morgan fingerprint density at radius 1 is 1.22 bits per heavy atom. The summed E-state index contributed by atoms with van der Waals surface area (Å²) in [5.41, 5.74) is 1.38. The van der Waals surface area contributed by atoms with E-state index < -0.39 is 15.3 Å². The predicted molar refractivity (Wildman–Crippen MR) is 69.6 cm³/mol. The van der Waals surface area contributed by atoms with Gasteiger partial charge < -0.3 is 4.42 Å². The molecule has 1 aromatic heterocycles. The Balaban J connectivity index is 2.19. The quantitative estimate of drug-likeness (QED) is 0.922. The van der Waals surface area contributed by atoms with Crippen LogP contribution in [0, 0.1) is 0 Å². The van der Waals surface area contributed by atoms with E-state index in [9.17, 15) is 8.42 Å². The molecule has 0 fully saturated rings. The van der Waals surface area contributed by atoms with Crippen LogP contribution in [0.2, 0.25) is 0 Å². The summed E-state index contributed by atoms with van der Waals surface area (Å²) in [5.74, 6) is 0.647. The molecule has 0 amide bonds. The van der Waals surface area contributed by atoms with Crippen molar-refractivity contribution in [2.45, 2.75) is 19.1 Å². The number of nitrogens with zero attached hydrogens (tertiary/aromatic N) is 1. The summed E-state index contributed by atoms with van der Waals surface area (Å²) in [7, 11) is -3.30. The van der Waals surface area contributed by atoms with E-state index in [0.29, 0.717) is 11.4 Å². The van der Waals surface area contributed by atoms with Crippen molar-refractivity contribution in [1.29, 1.82) is 0 Å². The minimum atomic E-state index is -3.30. The first-order chi connectivity index (χ1) is 8.49. The van der Waals surface area contributed by atoms with Crippen LogP contribution in [0.5, 0.6) is 0 Å². The molecule has 6 heteroatoms. The molecule has 1 aromatic carbocycles. The van der Waals surface area contributed by atoms with Gasteiger partial charge in [0, 0.05) is 11.3 Å². The van der Waals surface area contributed by atoms with Crippen LogP contribution in [-0.4, -0.2) is 18.7 Å². The molecule has 1 heterocycles.